The molecule has 0 spiro atoms. The Morgan fingerprint density at radius 1 is 1.20 bits per heavy atom. The SMILES string of the molecule is OCC1CCC(c2ccc(-c3nc(C(F)(F)F)cn3SF)cn2)CC1. The predicted molar refractivity (Wildman–Crippen MR) is 86.3 cm³/mol. The highest BCUT2D eigenvalue weighted by Crippen LogP contribution is 2.36. The van der Waals surface area contributed by atoms with Crippen LogP contribution in [0.4, 0.5) is 17.1 Å². The molecule has 1 fully saturated rings. The maximum absolute atomic E-state index is 12.9. The summed E-state index contributed by atoms with van der Waals surface area (Å²) in [6, 6.07) is 3.38. The van der Waals surface area contributed by atoms with Gasteiger partial charge in [0, 0.05) is 30.0 Å². The van der Waals surface area contributed by atoms with Gasteiger partial charge in [0.15, 0.2) is 23.9 Å². The third-order valence-corrected chi connectivity index (χ3v) is 5.03. The van der Waals surface area contributed by atoms with Crippen molar-refractivity contribution in [3.63, 3.8) is 0 Å². The Bertz CT molecular complexity index is 709. The molecule has 0 radical (unpaired) electrons. The zero-order chi connectivity index (χ0) is 18.0. The van der Waals surface area contributed by atoms with Crippen molar-refractivity contribution in [1.29, 1.82) is 0 Å². The summed E-state index contributed by atoms with van der Waals surface area (Å²) in [5.41, 5.74) is 0.0506. The van der Waals surface area contributed by atoms with Crippen LogP contribution >= 0.6 is 12.3 Å². The second-order valence-corrected chi connectivity index (χ2v) is 6.75. The van der Waals surface area contributed by atoms with Crippen LogP contribution in [0.1, 0.15) is 43.0 Å². The van der Waals surface area contributed by atoms with Crippen molar-refractivity contribution >= 4 is 12.3 Å². The van der Waals surface area contributed by atoms with Gasteiger partial charge in [0.05, 0.1) is 6.20 Å². The molecule has 136 valence electrons. The Kier molecular flexibility index (Phi) is 5.33. The normalized spacial score (nSPS) is 21.5. The summed E-state index contributed by atoms with van der Waals surface area (Å²) < 4.78 is 52.0. The Morgan fingerprint density at radius 2 is 1.92 bits per heavy atom. The molecule has 9 heteroatoms. The zero-order valence-corrected chi connectivity index (χ0v) is 14.0. The van der Waals surface area contributed by atoms with Crippen LogP contribution < -0.4 is 0 Å². The molecule has 25 heavy (non-hydrogen) atoms. The van der Waals surface area contributed by atoms with E-state index in [0.29, 0.717) is 17.7 Å². The van der Waals surface area contributed by atoms with Crippen LogP contribution in [0.5, 0.6) is 0 Å². The Morgan fingerprint density at radius 3 is 2.44 bits per heavy atom. The zero-order valence-electron chi connectivity index (χ0n) is 13.2. The number of hydrogen-bond acceptors (Lipinski definition) is 4. The molecule has 0 bridgehead atoms. The molecule has 1 N–H and O–H groups in total. The van der Waals surface area contributed by atoms with Gasteiger partial charge >= 0.3 is 6.18 Å². The van der Waals surface area contributed by atoms with Crippen LogP contribution in [0.15, 0.2) is 24.5 Å². The van der Waals surface area contributed by atoms with Gasteiger partial charge < -0.3 is 5.11 Å². The van der Waals surface area contributed by atoms with Crippen molar-refractivity contribution in [1.82, 2.24) is 13.9 Å². The Hall–Kier alpha value is -1.61. The van der Waals surface area contributed by atoms with Crippen LogP contribution in [-0.4, -0.2) is 25.7 Å². The number of aliphatic hydroxyl groups is 1. The lowest BCUT2D eigenvalue weighted by molar-refractivity contribution is -0.140. The van der Waals surface area contributed by atoms with E-state index in [2.05, 4.69) is 9.97 Å². The van der Waals surface area contributed by atoms with Crippen LogP contribution in [0, 0.1) is 5.92 Å². The maximum atomic E-state index is 12.9. The lowest BCUT2D eigenvalue weighted by Crippen LogP contribution is -2.16. The Labute approximate surface area is 146 Å². The van der Waals surface area contributed by atoms with Crippen LogP contribution in [-0.2, 0) is 6.18 Å². The molecule has 2 aromatic rings. The van der Waals surface area contributed by atoms with Gasteiger partial charge in [-0.05, 0) is 43.7 Å². The summed E-state index contributed by atoms with van der Waals surface area (Å²) in [6.07, 6.45) is 1.14. The molecule has 2 aromatic heterocycles. The van der Waals surface area contributed by atoms with Gasteiger partial charge in [0.1, 0.15) is 0 Å². The minimum atomic E-state index is -4.63. The molecule has 1 aliphatic rings. The van der Waals surface area contributed by atoms with E-state index >= 15 is 0 Å². The summed E-state index contributed by atoms with van der Waals surface area (Å²) >= 11 is -0.335. The molecule has 0 atom stereocenters. The minimum Gasteiger partial charge on any atom is -0.396 e. The third-order valence-electron chi connectivity index (χ3n) is 4.61. The van der Waals surface area contributed by atoms with E-state index in [9.17, 15) is 22.2 Å². The maximum Gasteiger partial charge on any atom is 0.434 e. The van der Waals surface area contributed by atoms with E-state index in [1.54, 1.807) is 12.1 Å². The molecule has 1 saturated carbocycles. The van der Waals surface area contributed by atoms with Gasteiger partial charge in [-0.15, -0.1) is 3.89 Å². The lowest BCUT2D eigenvalue weighted by Gasteiger charge is -2.26. The van der Waals surface area contributed by atoms with Crippen LogP contribution in [0.3, 0.4) is 0 Å². The van der Waals surface area contributed by atoms with Gasteiger partial charge in [-0.25, -0.2) is 8.96 Å². The molecule has 3 rings (SSSR count). The number of rotatable bonds is 4. The number of hydrogen-bond donors (Lipinski definition) is 1. The topological polar surface area (TPSA) is 50.9 Å². The van der Waals surface area contributed by atoms with Gasteiger partial charge in [-0.1, -0.05) is 0 Å². The fourth-order valence-electron chi connectivity index (χ4n) is 3.17. The molecule has 0 saturated heterocycles. The van der Waals surface area contributed by atoms with E-state index in [4.69, 9.17) is 0 Å². The second-order valence-electron chi connectivity index (χ2n) is 6.21. The Balaban J connectivity index is 1.80. The van der Waals surface area contributed by atoms with Crippen LogP contribution in [0.2, 0.25) is 0 Å². The first-order valence-electron chi connectivity index (χ1n) is 7.95. The van der Waals surface area contributed by atoms with Crippen molar-refractivity contribution in [2.75, 3.05) is 6.61 Å². The van der Waals surface area contributed by atoms with Gasteiger partial charge in [-0.3, -0.25) is 4.98 Å². The number of halogens is 4. The smallest absolute Gasteiger partial charge is 0.396 e. The highest BCUT2D eigenvalue weighted by molar-refractivity contribution is 7.92. The highest BCUT2D eigenvalue weighted by atomic mass is 32.2. The van der Waals surface area contributed by atoms with Crippen molar-refractivity contribution in [2.24, 2.45) is 5.92 Å². The fourth-order valence-corrected chi connectivity index (χ4v) is 3.52. The standard InChI is InChI=1S/C16H17F4N3OS/c17-16(18,19)14-8-23(25-20)15(22-14)12-5-6-13(21-7-12)11-3-1-10(9-24)2-4-11/h5-8,10-11,24H,1-4,9H2. The van der Waals surface area contributed by atoms with E-state index in [1.165, 1.54) is 6.20 Å². The van der Waals surface area contributed by atoms with E-state index in [-0.39, 0.29) is 30.7 Å². The summed E-state index contributed by atoms with van der Waals surface area (Å²) in [7, 11) is 0. The fraction of sp³-hybridized carbons (Fsp3) is 0.500. The third kappa shape index (κ3) is 3.98. The molecule has 0 aromatic carbocycles. The number of imidazole rings is 1. The number of aliphatic hydroxyl groups excluding tert-OH is 1. The number of alkyl halides is 3. The molecule has 0 unspecified atom stereocenters. The van der Waals surface area contributed by atoms with Crippen LogP contribution in [0.25, 0.3) is 11.4 Å². The number of pyridine rings is 1. The quantitative estimate of drug-likeness (QED) is 0.793. The largest absolute Gasteiger partial charge is 0.434 e. The van der Waals surface area contributed by atoms with Crippen molar-refractivity contribution < 1.29 is 22.2 Å². The molecular formula is C16H17F4N3OS. The number of nitrogens with zero attached hydrogens (tertiary/aromatic N) is 3. The van der Waals surface area contributed by atoms with Crippen molar-refractivity contribution in [2.45, 2.75) is 37.8 Å². The first-order chi connectivity index (χ1) is 11.9. The lowest BCUT2D eigenvalue weighted by atomic mass is 9.80. The van der Waals surface area contributed by atoms with E-state index in [0.717, 1.165) is 35.3 Å². The van der Waals surface area contributed by atoms with E-state index in [1.807, 2.05) is 0 Å². The predicted octanol–water partition coefficient (Wildman–Crippen LogP) is 4.61. The minimum absolute atomic E-state index is 0.122. The summed E-state index contributed by atoms with van der Waals surface area (Å²) in [5, 5.41) is 9.18. The molecule has 1 aliphatic carbocycles. The number of aromatic nitrogens is 3. The molecular weight excluding hydrogens is 358 g/mol. The second kappa shape index (κ2) is 7.33. The first-order valence-corrected chi connectivity index (χ1v) is 8.62. The monoisotopic (exact) mass is 375 g/mol. The molecule has 4 nitrogen and oxygen atoms in total. The summed E-state index contributed by atoms with van der Waals surface area (Å²) in [6.45, 7) is 0.199. The van der Waals surface area contributed by atoms with Gasteiger partial charge in [0.25, 0.3) is 0 Å². The van der Waals surface area contributed by atoms with Gasteiger partial charge in [0.2, 0.25) is 0 Å². The van der Waals surface area contributed by atoms with E-state index < -0.39 is 11.9 Å². The van der Waals surface area contributed by atoms with Crippen molar-refractivity contribution in [3.05, 3.63) is 35.9 Å². The average molecular weight is 375 g/mol. The highest BCUT2D eigenvalue weighted by Gasteiger charge is 2.35. The summed E-state index contributed by atoms with van der Waals surface area (Å²) in [5.74, 6) is 0.492. The molecule has 2 heterocycles. The van der Waals surface area contributed by atoms with Crippen molar-refractivity contribution in [3.8, 4) is 11.4 Å². The molecule has 0 amide bonds. The first kappa shape index (κ1) is 18.2. The molecule has 0 aliphatic heterocycles. The van der Waals surface area contributed by atoms with Gasteiger partial charge in [-0.2, -0.15) is 13.2 Å². The average Bonchev–Trinajstić information content (AvgIpc) is 3.07. The summed E-state index contributed by atoms with van der Waals surface area (Å²) in [4.78, 5) is 7.84.